The summed E-state index contributed by atoms with van der Waals surface area (Å²) in [5.74, 6) is -1.27. The lowest BCUT2D eigenvalue weighted by Crippen LogP contribution is -2.55. The minimum Gasteiger partial charge on any atom is -0.379 e. The first-order valence-electron chi connectivity index (χ1n) is 11.2. The summed E-state index contributed by atoms with van der Waals surface area (Å²) in [6.45, 7) is 4.74. The molecule has 0 spiro atoms. The van der Waals surface area contributed by atoms with Crippen LogP contribution in [0.25, 0.3) is 0 Å². The number of ether oxygens (including phenoxy) is 1. The Balaban J connectivity index is 1.59. The second-order valence-electron chi connectivity index (χ2n) is 8.47. The maximum atomic E-state index is 13.0. The first kappa shape index (κ1) is 23.2. The number of carbonyl (C=O) groups is 3. The standard InChI is InChI=1S/C23H34N4O4/c24-21(29)23(9-4-5-10-23)22(30)26-19(17-18-7-2-1-3-8-18)20(28)25-11-6-12-27-13-15-31-16-14-27/h1-3,7-8,19H,4-6,9-17H2,(H2,24,29)(H,25,28)(H,26,30)/t19-/m1/s1. The molecule has 31 heavy (non-hydrogen) atoms. The summed E-state index contributed by atoms with van der Waals surface area (Å²) in [5.41, 5.74) is 5.33. The number of hydrogen-bond donors (Lipinski definition) is 3. The van der Waals surface area contributed by atoms with Crippen LogP contribution in [-0.2, 0) is 25.5 Å². The highest BCUT2D eigenvalue weighted by Crippen LogP contribution is 2.38. The molecule has 8 nitrogen and oxygen atoms in total. The smallest absolute Gasteiger partial charge is 0.242 e. The van der Waals surface area contributed by atoms with Gasteiger partial charge in [-0.1, -0.05) is 43.2 Å². The summed E-state index contributed by atoms with van der Waals surface area (Å²) in [4.78, 5) is 40.4. The van der Waals surface area contributed by atoms with Crippen LogP contribution < -0.4 is 16.4 Å². The summed E-state index contributed by atoms with van der Waals surface area (Å²) in [6.07, 6.45) is 3.63. The van der Waals surface area contributed by atoms with Gasteiger partial charge in [-0.25, -0.2) is 0 Å². The second-order valence-corrected chi connectivity index (χ2v) is 8.47. The average molecular weight is 431 g/mol. The maximum absolute atomic E-state index is 13.0. The van der Waals surface area contributed by atoms with E-state index in [1.54, 1.807) is 0 Å². The van der Waals surface area contributed by atoms with Crippen LogP contribution >= 0.6 is 0 Å². The molecule has 3 amide bonds. The van der Waals surface area contributed by atoms with Crippen molar-refractivity contribution >= 4 is 17.7 Å². The zero-order chi connectivity index (χ0) is 22.1. The molecule has 0 unspecified atom stereocenters. The van der Waals surface area contributed by atoms with Crippen LogP contribution in [0.3, 0.4) is 0 Å². The van der Waals surface area contributed by atoms with E-state index in [1.165, 1.54) is 0 Å². The fourth-order valence-corrected chi connectivity index (χ4v) is 4.38. The molecule has 170 valence electrons. The Bertz CT molecular complexity index is 743. The number of primary amides is 1. The first-order valence-corrected chi connectivity index (χ1v) is 11.2. The summed E-state index contributed by atoms with van der Waals surface area (Å²) < 4.78 is 5.35. The molecule has 2 fully saturated rings. The Hall–Kier alpha value is -2.45. The molecular formula is C23H34N4O4. The number of carbonyl (C=O) groups excluding carboxylic acids is 3. The molecular weight excluding hydrogens is 396 g/mol. The zero-order valence-electron chi connectivity index (χ0n) is 18.1. The minimum absolute atomic E-state index is 0.239. The number of rotatable bonds is 10. The third kappa shape index (κ3) is 6.27. The summed E-state index contributed by atoms with van der Waals surface area (Å²) >= 11 is 0. The Labute approximate surface area is 183 Å². The Morgan fingerprint density at radius 3 is 2.42 bits per heavy atom. The van der Waals surface area contributed by atoms with Crippen LogP contribution in [0.2, 0.25) is 0 Å². The molecule has 1 saturated heterocycles. The molecule has 1 heterocycles. The predicted octanol–water partition coefficient (Wildman–Crippen LogP) is 0.598. The third-order valence-electron chi connectivity index (χ3n) is 6.32. The van der Waals surface area contributed by atoms with E-state index in [-0.39, 0.29) is 5.91 Å². The van der Waals surface area contributed by atoms with Gasteiger partial charge in [-0.2, -0.15) is 0 Å². The molecule has 1 saturated carbocycles. The molecule has 1 aromatic carbocycles. The van der Waals surface area contributed by atoms with Crippen molar-refractivity contribution in [2.45, 2.75) is 44.6 Å². The van der Waals surface area contributed by atoms with E-state index < -0.39 is 23.3 Å². The van der Waals surface area contributed by atoms with Gasteiger partial charge in [0.2, 0.25) is 17.7 Å². The topological polar surface area (TPSA) is 114 Å². The molecule has 8 heteroatoms. The van der Waals surface area contributed by atoms with Crippen LogP contribution in [0.4, 0.5) is 0 Å². The minimum atomic E-state index is -1.20. The van der Waals surface area contributed by atoms with Gasteiger partial charge in [0, 0.05) is 26.1 Å². The Morgan fingerprint density at radius 1 is 1.10 bits per heavy atom. The van der Waals surface area contributed by atoms with Gasteiger partial charge in [0.25, 0.3) is 0 Å². The molecule has 0 radical (unpaired) electrons. The molecule has 1 aliphatic carbocycles. The number of amides is 3. The molecule has 0 aromatic heterocycles. The lowest BCUT2D eigenvalue weighted by atomic mass is 9.84. The summed E-state index contributed by atoms with van der Waals surface area (Å²) in [7, 11) is 0. The van der Waals surface area contributed by atoms with Crippen LogP contribution in [0.15, 0.2) is 30.3 Å². The zero-order valence-corrected chi connectivity index (χ0v) is 18.1. The van der Waals surface area contributed by atoms with E-state index in [2.05, 4.69) is 15.5 Å². The van der Waals surface area contributed by atoms with Crippen LogP contribution in [0, 0.1) is 5.41 Å². The van der Waals surface area contributed by atoms with Crippen LogP contribution in [0.1, 0.15) is 37.7 Å². The van der Waals surface area contributed by atoms with E-state index in [4.69, 9.17) is 10.5 Å². The first-order chi connectivity index (χ1) is 15.0. The predicted molar refractivity (Wildman–Crippen MR) is 117 cm³/mol. The Morgan fingerprint density at radius 2 is 1.77 bits per heavy atom. The highest BCUT2D eigenvalue weighted by atomic mass is 16.5. The molecule has 1 atom stereocenters. The van der Waals surface area contributed by atoms with Gasteiger partial charge >= 0.3 is 0 Å². The van der Waals surface area contributed by atoms with Gasteiger partial charge in [-0.3, -0.25) is 19.3 Å². The lowest BCUT2D eigenvalue weighted by Gasteiger charge is -2.28. The van der Waals surface area contributed by atoms with Crippen molar-refractivity contribution in [3.63, 3.8) is 0 Å². The molecule has 4 N–H and O–H groups in total. The van der Waals surface area contributed by atoms with Crippen molar-refractivity contribution in [1.29, 1.82) is 0 Å². The van der Waals surface area contributed by atoms with E-state index in [0.29, 0.717) is 25.8 Å². The largest absolute Gasteiger partial charge is 0.379 e. The van der Waals surface area contributed by atoms with E-state index >= 15 is 0 Å². The van der Waals surface area contributed by atoms with Gasteiger partial charge < -0.3 is 21.1 Å². The maximum Gasteiger partial charge on any atom is 0.242 e. The quantitative estimate of drug-likeness (QED) is 0.372. The normalized spacial score (nSPS) is 19.5. The van der Waals surface area contributed by atoms with Gasteiger partial charge in [-0.05, 0) is 31.4 Å². The van der Waals surface area contributed by atoms with Crippen molar-refractivity contribution in [3.8, 4) is 0 Å². The van der Waals surface area contributed by atoms with Crippen molar-refractivity contribution < 1.29 is 19.1 Å². The number of benzene rings is 1. The highest BCUT2D eigenvalue weighted by molar-refractivity contribution is 6.05. The van der Waals surface area contributed by atoms with Gasteiger partial charge in [0.05, 0.1) is 13.2 Å². The van der Waals surface area contributed by atoms with Crippen molar-refractivity contribution in [3.05, 3.63) is 35.9 Å². The average Bonchev–Trinajstić information content (AvgIpc) is 3.29. The molecule has 3 rings (SSSR count). The van der Waals surface area contributed by atoms with Gasteiger partial charge in [-0.15, -0.1) is 0 Å². The van der Waals surface area contributed by atoms with E-state index in [9.17, 15) is 14.4 Å². The van der Waals surface area contributed by atoms with Gasteiger partial charge in [0.1, 0.15) is 11.5 Å². The van der Waals surface area contributed by atoms with Crippen LogP contribution in [-0.4, -0.2) is 68.1 Å². The second kappa shape index (κ2) is 11.2. The molecule has 2 aliphatic rings. The van der Waals surface area contributed by atoms with Crippen molar-refractivity contribution in [2.24, 2.45) is 11.1 Å². The number of morpholine rings is 1. The lowest BCUT2D eigenvalue weighted by molar-refractivity contribution is -0.143. The number of hydrogen-bond acceptors (Lipinski definition) is 5. The van der Waals surface area contributed by atoms with Crippen molar-refractivity contribution in [2.75, 3.05) is 39.4 Å². The Kier molecular flexibility index (Phi) is 8.43. The molecule has 1 aliphatic heterocycles. The highest BCUT2D eigenvalue weighted by Gasteiger charge is 2.47. The summed E-state index contributed by atoms with van der Waals surface area (Å²) in [6, 6.07) is 8.79. The molecule has 0 bridgehead atoms. The van der Waals surface area contributed by atoms with Crippen molar-refractivity contribution in [1.82, 2.24) is 15.5 Å². The SMILES string of the molecule is NC(=O)C1(C(=O)N[C@H](Cc2ccccc2)C(=O)NCCCN2CCOCC2)CCCC1. The van der Waals surface area contributed by atoms with Gasteiger partial charge in [0.15, 0.2) is 0 Å². The van der Waals surface area contributed by atoms with E-state index in [1.807, 2.05) is 30.3 Å². The number of nitrogens with zero attached hydrogens (tertiary/aromatic N) is 1. The fraction of sp³-hybridized carbons (Fsp3) is 0.609. The monoisotopic (exact) mass is 430 g/mol. The number of nitrogens with one attached hydrogen (secondary N) is 2. The van der Waals surface area contributed by atoms with Crippen LogP contribution in [0.5, 0.6) is 0 Å². The molecule has 1 aromatic rings. The fourth-order valence-electron chi connectivity index (χ4n) is 4.38. The van der Waals surface area contributed by atoms with E-state index in [0.717, 1.165) is 57.7 Å². The number of nitrogens with two attached hydrogens (primary N) is 1. The summed E-state index contributed by atoms with van der Waals surface area (Å²) in [5, 5.41) is 5.79. The third-order valence-corrected chi connectivity index (χ3v) is 6.32.